The summed E-state index contributed by atoms with van der Waals surface area (Å²) in [6.45, 7) is 13.9. The number of nitrogens with one attached hydrogen (secondary N) is 3. The second-order valence-electron chi connectivity index (χ2n) is 19.3. The maximum Gasteiger partial charge on any atom is 0.293 e. The lowest BCUT2D eigenvalue weighted by Gasteiger charge is -2.39. The number of carbonyl (C=O) groups is 2. The number of carbonyl (C=O) groups excluding carboxylic acids is 2. The summed E-state index contributed by atoms with van der Waals surface area (Å²) in [4.78, 5) is 51.4. The molecule has 8 rings (SSSR count). The number of pyridine rings is 1. The van der Waals surface area contributed by atoms with Crippen molar-refractivity contribution in [3.63, 3.8) is 0 Å². The van der Waals surface area contributed by atoms with Crippen molar-refractivity contribution >= 4 is 77.2 Å². The third-order valence-electron chi connectivity index (χ3n) is 13.5. The van der Waals surface area contributed by atoms with E-state index in [2.05, 4.69) is 65.0 Å². The van der Waals surface area contributed by atoms with Crippen LogP contribution in [0.2, 0.25) is 5.02 Å². The third kappa shape index (κ3) is 12.4. The minimum atomic E-state index is -4.63. The highest BCUT2D eigenvalue weighted by Gasteiger charge is 2.31. The van der Waals surface area contributed by atoms with Gasteiger partial charge in [-0.3, -0.25) is 24.6 Å². The fourth-order valence-corrected chi connectivity index (χ4v) is 12.6. The second kappa shape index (κ2) is 21.3. The van der Waals surface area contributed by atoms with Gasteiger partial charge in [-0.1, -0.05) is 60.2 Å². The molecule has 374 valence electrons. The number of hydrogen-bond acceptors (Lipinski definition) is 12. The Morgan fingerprint density at radius 3 is 2.47 bits per heavy atom. The van der Waals surface area contributed by atoms with E-state index in [-0.39, 0.29) is 40.8 Å². The van der Waals surface area contributed by atoms with E-state index in [1.165, 1.54) is 41.1 Å². The molecular formula is C50H62ClN9O8S2. The lowest BCUT2D eigenvalue weighted by molar-refractivity contribution is -0.384. The van der Waals surface area contributed by atoms with Crippen LogP contribution < -0.4 is 19.7 Å². The van der Waals surface area contributed by atoms with Gasteiger partial charge >= 0.3 is 0 Å². The van der Waals surface area contributed by atoms with E-state index >= 15 is 0 Å². The molecular weight excluding hydrogens is 954 g/mol. The van der Waals surface area contributed by atoms with Gasteiger partial charge in [-0.2, -0.15) is 4.36 Å². The number of benzene rings is 3. The first kappa shape index (κ1) is 50.7. The summed E-state index contributed by atoms with van der Waals surface area (Å²) in [5.74, 6) is 0.0426. The summed E-state index contributed by atoms with van der Waals surface area (Å²) in [7, 11) is -7.26. The number of amides is 2. The fourth-order valence-electron chi connectivity index (χ4n) is 9.31. The Kier molecular flexibility index (Phi) is 15.4. The van der Waals surface area contributed by atoms with Crippen LogP contribution in [0.15, 0.2) is 100 Å². The largest absolute Gasteiger partial charge is 0.455 e. The molecule has 0 spiro atoms. The Morgan fingerprint density at radius 1 is 1.01 bits per heavy atom. The number of aromatic amines is 1. The number of nitro groups is 1. The summed E-state index contributed by atoms with van der Waals surface area (Å²) in [5, 5.41) is 17.0. The Bertz CT molecular complexity index is 2960. The van der Waals surface area contributed by atoms with Gasteiger partial charge in [0.1, 0.15) is 22.8 Å². The van der Waals surface area contributed by atoms with Crippen molar-refractivity contribution in [2.24, 2.45) is 9.78 Å². The normalized spacial score (nSPS) is 18.5. The van der Waals surface area contributed by atoms with Crippen LogP contribution in [0.5, 0.6) is 11.5 Å². The van der Waals surface area contributed by atoms with E-state index < -0.39 is 41.5 Å². The first-order valence-electron chi connectivity index (χ1n) is 23.8. The number of sulfonamides is 1. The predicted octanol–water partition coefficient (Wildman–Crippen LogP) is 8.81. The minimum absolute atomic E-state index is 0.0623. The second-order valence-corrected chi connectivity index (χ2v) is 24.3. The molecule has 20 heteroatoms. The molecule has 4 heterocycles. The molecule has 3 aromatic carbocycles. The van der Waals surface area contributed by atoms with Crippen molar-refractivity contribution in [2.75, 3.05) is 74.1 Å². The van der Waals surface area contributed by atoms with Gasteiger partial charge in [-0.25, -0.2) is 18.1 Å². The Hall–Kier alpha value is -5.70. The molecule has 2 aromatic heterocycles. The number of nitrogens with zero attached hydrogens (tertiary/aromatic N) is 6. The smallest absolute Gasteiger partial charge is 0.293 e. The Balaban J connectivity index is 0.953. The van der Waals surface area contributed by atoms with Crippen molar-refractivity contribution in [3.05, 3.63) is 117 Å². The molecule has 70 heavy (non-hydrogen) atoms. The SMILES string of the molecule is CCC(=O)N=[SH]1(O)CCN(CC[C@H](C)Nc2ccc(S(=O)(=O)NC(=O)c3ccc(N4CCN(CC5=C(c6ccc(Cl)cc6)CC(C)(C)CC5)CC4)cc3Oc3cnc4[nH]ccc4c3)cc2[N+](=O)[O-])CC1. The van der Waals surface area contributed by atoms with Crippen molar-refractivity contribution in [1.29, 1.82) is 0 Å². The van der Waals surface area contributed by atoms with Crippen molar-refractivity contribution < 1.29 is 32.2 Å². The van der Waals surface area contributed by atoms with Crippen LogP contribution in [0.3, 0.4) is 0 Å². The summed E-state index contributed by atoms with van der Waals surface area (Å²) in [5.41, 5.74) is 5.31. The zero-order valence-electron chi connectivity index (χ0n) is 40.0. The van der Waals surface area contributed by atoms with Gasteiger partial charge in [-0.05, 0) is 97.7 Å². The lowest BCUT2D eigenvalue weighted by atomic mass is 9.72. The number of hydrogen-bond donors (Lipinski definition) is 5. The molecule has 0 radical (unpaired) electrons. The van der Waals surface area contributed by atoms with E-state index in [1.54, 1.807) is 31.3 Å². The molecule has 1 aliphatic carbocycles. The number of ether oxygens (including phenoxy) is 1. The number of nitro benzene ring substituents is 1. The molecule has 2 amide bonds. The number of anilines is 2. The van der Waals surface area contributed by atoms with Crippen molar-refractivity contribution in [2.45, 2.75) is 70.7 Å². The lowest BCUT2D eigenvalue weighted by Crippen LogP contribution is -2.47. The van der Waals surface area contributed by atoms with Crippen LogP contribution >= 0.6 is 11.6 Å². The highest BCUT2D eigenvalue weighted by molar-refractivity contribution is 8.00. The molecule has 0 bridgehead atoms. The number of thiol groups is 1. The van der Waals surface area contributed by atoms with Gasteiger partial charge in [0.05, 0.1) is 21.6 Å². The number of piperazine rings is 1. The molecule has 3 aliphatic rings. The van der Waals surface area contributed by atoms with E-state index in [0.29, 0.717) is 62.0 Å². The summed E-state index contributed by atoms with van der Waals surface area (Å²) >= 11 is 6.25. The molecule has 2 saturated heterocycles. The summed E-state index contributed by atoms with van der Waals surface area (Å²) < 4.78 is 51.0. The highest BCUT2D eigenvalue weighted by atomic mass is 35.5. The molecule has 4 N–H and O–H groups in total. The van der Waals surface area contributed by atoms with E-state index in [9.17, 15) is 32.7 Å². The van der Waals surface area contributed by atoms with Crippen LogP contribution in [0.4, 0.5) is 17.1 Å². The van der Waals surface area contributed by atoms with E-state index in [0.717, 1.165) is 61.1 Å². The first-order valence-corrected chi connectivity index (χ1v) is 27.7. The van der Waals surface area contributed by atoms with Gasteiger partial charge in [0.15, 0.2) is 0 Å². The highest BCUT2D eigenvalue weighted by Crippen LogP contribution is 2.43. The van der Waals surface area contributed by atoms with Crippen molar-refractivity contribution in [1.82, 2.24) is 24.5 Å². The topological polar surface area (TPSA) is 216 Å². The average molecular weight is 1020 g/mol. The minimum Gasteiger partial charge on any atom is -0.455 e. The third-order valence-corrected chi connectivity index (χ3v) is 17.5. The summed E-state index contributed by atoms with van der Waals surface area (Å²) in [6.07, 6.45) is 7.27. The molecule has 1 atom stereocenters. The van der Waals surface area contributed by atoms with Crippen LogP contribution in [0.25, 0.3) is 16.6 Å². The standard InChI is InChI=1S/C50H62ClN9O8S2/c1-5-47(61)55-69(65)26-24-57(25-27-69)19-16-34(2)54-44-13-11-41(30-45(44)60(63)64)70(66,67)56-49(62)42-12-10-39(29-46(42)68-40-28-36-15-18-52-48(36)53-32-40)59-22-20-58(21-23-59)33-37-14-17-50(3,4)31-43(37)35-6-8-38(51)9-7-35/h6-13,15,18,28-30,32,34,54,69H,5,14,16-17,19-27,31,33H2,1-4H3,(H,52,53)(H,56,62)(H,55,61,65)/t34-/m0/s1. The number of allylic oxidation sites excluding steroid dienone is 1. The Labute approximate surface area is 415 Å². The van der Waals surface area contributed by atoms with Crippen LogP contribution in [0.1, 0.15) is 75.7 Å². The number of halogens is 1. The van der Waals surface area contributed by atoms with Gasteiger partial charge in [0.2, 0.25) is 0 Å². The summed E-state index contributed by atoms with van der Waals surface area (Å²) in [6, 6.07) is 20.0. The fraction of sp³-hybridized carbons (Fsp3) is 0.420. The molecule has 2 fully saturated rings. The molecule has 17 nitrogen and oxygen atoms in total. The van der Waals surface area contributed by atoms with Gasteiger partial charge in [-0.15, -0.1) is 0 Å². The van der Waals surface area contributed by atoms with Crippen LogP contribution in [0, 0.1) is 15.5 Å². The molecule has 0 saturated carbocycles. The number of aromatic nitrogens is 2. The van der Waals surface area contributed by atoms with Crippen molar-refractivity contribution in [3.8, 4) is 11.5 Å². The maximum atomic E-state index is 14.0. The Morgan fingerprint density at radius 2 is 1.76 bits per heavy atom. The monoisotopic (exact) mass is 1020 g/mol. The first-order chi connectivity index (χ1) is 33.4. The zero-order chi connectivity index (χ0) is 49.8. The van der Waals surface area contributed by atoms with E-state index in [1.807, 2.05) is 25.1 Å². The van der Waals surface area contributed by atoms with Crippen LogP contribution in [-0.4, -0.2) is 119 Å². The van der Waals surface area contributed by atoms with Gasteiger partial charge in [0.25, 0.3) is 27.5 Å². The number of rotatable bonds is 16. The van der Waals surface area contributed by atoms with Gasteiger partial charge < -0.3 is 29.4 Å². The number of H-pyrrole nitrogens is 1. The maximum absolute atomic E-state index is 14.0. The average Bonchev–Trinajstić information content (AvgIpc) is 3.80. The van der Waals surface area contributed by atoms with Crippen LogP contribution in [-0.2, 0) is 24.9 Å². The predicted molar refractivity (Wildman–Crippen MR) is 278 cm³/mol. The molecule has 0 unspecified atom stereocenters. The van der Waals surface area contributed by atoms with Gasteiger partial charge in [0, 0.05) is 111 Å². The zero-order valence-corrected chi connectivity index (χ0v) is 42.5. The van der Waals surface area contributed by atoms with E-state index in [4.69, 9.17) is 16.3 Å². The number of fused-ring (bicyclic) bond motifs is 1. The quantitative estimate of drug-likeness (QED) is 0.0355. The molecule has 2 aliphatic heterocycles. The molecule has 5 aromatic rings.